The first-order valence-electron chi connectivity index (χ1n) is 5.45. The number of hydrogen-bond acceptors (Lipinski definition) is 4. The fourth-order valence-electron chi connectivity index (χ4n) is 1.16. The van der Waals surface area contributed by atoms with E-state index in [2.05, 4.69) is 54.2 Å². The SMILES string of the molecule is C[Si](C)(C)Nc1cc(O[Si](C)(C)C)ncn1. The summed E-state index contributed by atoms with van der Waals surface area (Å²) in [5, 5.41) is 0. The maximum Gasteiger partial charge on any atom is 0.244 e. The van der Waals surface area contributed by atoms with Crippen molar-refractivity contribution in [2.45, 2.75) is 39.3 Å². The molecule has 1 N–H and O–H groups in total. The predicted octanol–water partition coefficient (Wildman–Crippen LogP) is 2.94. The third-order valence-corrected chi connectivity index (χ3v) is 3.38. The highest BCUT2D eigenvalue weighted by Gasteiger charge is 2.18. The Bertz CT molecular complexity index is 327. The Morgan fingerprint density at radius 1 is 1.06 bits per heavy atom. The molecule has 90 valence electrons. The molecule has 1 rings (SSSR count). The van der Waals surface area contributed by atoms with Crippen molar-refractivity contribution in [3.63, 3.8) is 0 Å². The van der Waals surface area contributed by atoms with Crippen molar-refractivity contribution < 1.29 is 4.43 Å². The zero-order valence-electron chi connectivity index (χ0n) is 11.0. The fraction of sp³-hybridized carbons (Fsp3) is 0.600. The van der Waals surface area contributed by atoms with Gasteiger partial charge in [0.25, 0.3) is 0 Å². The minimum atomic E-state index is -1.59. The molecule has 0 saturated heterocycles. The normalized spacial score (nSPS) is 12.4. The van der Waals surface area contributed by atoms with Crippen LogP contribution in [0.1, 0.15) is 0 Å². The Labute approximate surface area is 99.7 Å². The Morgan fingerprint density at radius 2 is 1.69 bits per heavy atom. The van der Waals surface area contributed by atoms with E-state index in [0.29, 0.717) is 5.88 Å². The molecule has 0 bridgehead atoms. The lowest BCUT2D eigenvalue weighted by Gasteiger charge is -2.21. The van der Waals surface area contributed by atoms with Crippen LogP contribution in [0.15, 0.2) is 12.4 Å². The van der Waals surface area contributed by atoms with Gasteiger partial charge in [0.2, 0.25) is 14.2 Å². The molecular formula is C10H21N3OSi2. The van der Waals surface area contributed by atoms with Crippen molar-refractivity contribution in [3.05, 3.63) is 12.4 Å². The molecule has 6 heteroatoms. The van der Waals surface area contributed by atoms with Gasteiger partial charge in [-0.05, 0) is 19.6 Å². The standard InChI is InChI=1S/C10H21N3OSi2/c1-15(2,3)13-9-7-10(12-8-11-9)14-16(4,5)6/h7-8H,1-6H3,(H,11,12,13). The lowest BCUT2D eigenvalue weighted by molar-refractivity contribution is 0.533. The average molecular weight is 255 g/mol. The number of anilines is 1. The molecule has 1 aromatic rings. The molecule has 0 aliphatic carbocycles. The van der Waals surface area contributed by atoms with E-state index in [1.54, 1.807) is 6.33 Å². The second-order valence-corrected chi connectivity index (χ2v) is 15.0. The summed E-state index contributed by atoms with van der Waals surface area (Å²) in [6, 6.07) is 1.89. The van der Waals surface area contributed by atoms with Gasteiger partial charge in [0.15, 0.2) is 0 Å². The molecule has 0 saturated carbocycles. The molecule has 0 atom stereocenters. The Kier molecular flexibility index (Phi) is 3.74. The molecule has 1 heterocycles. The molecule has 0 spiro atoms. The molecule has 0 fully saturated rings. The third kappa shape index (κ3) is 5.27. The predicted molar refractivity (Wildman–Crippen MR) is 73.0 cm³/mol. The van der Waals surface area contributed by atoms with Gasteiger partial charge in [0.05, 0.1) is 0 Å². The topological polar surface area (TPSA) is 47.0 Å². The zero-order valence-corrected chi connectivity index (χ0v) is 13.0. The lowest BCUT2D eigenvalue weighted by Crippen LogP contribution is -2.33. The Morgan fingerprint density at radius 3 is 2.19 bits per heavy atom. The van der Waals surface area contributed by atoms with Crippen LogP contribution in [0.25, 0.3) is 0 Å². The second-order valence-electron chi connectivity index (χ2n) is 5.83. The number of hydrogen-bond donors (Lipinski definition) is 1. The first-order chi connectivity index (χ1) is 7.16. The van der Waals surface area contributed by atoms with Crippen molar-refractivity contribution in [1.82, 2.24) is 9.97 Å². The first-order valence-corrected chi connectivity index (χ1v) is 12.4. The molecule has 0 aliphatic rings. The summed E-state index contributed by atoms with van der Waals surface area (Å²) >= 11 is 0. The van der Waals surface area contributed by atoms with Gasteiger partial charge in [-0.15, -0.1) is 0 Å². The zero-order chi connectivity index (χ0) is 12.4. The number of nitrogens with zero attached hydrogens (tertiary/aromatic N) is 2. The molecule has 0 unspecified atom stereocenters. The smallest absolute Gasteiger partial charge is 0.244 e. The van der Waals surface area contributed by atoms with Crippen LogP contribution in [-0.4, -0.2) is 26.5 Å². The summed E-state index contributed by atoms with van der Waals surface area (Å²) in [7, 11) is -2.95. The first kappa shape index (κ1) is 13.2. The van der Waals surface area contributed by atoms with Crippen LogP contribution in [0.4, 0.5) is 5.82 Å². The van der Waals surface area contributed by atoms with Crippen LogP contribution in [-0.2, 0) is 0 Å². The van der Waals surface area contributed by atoms with E-state index in [1.165, 1.54) is 0 Å². The molecule has 1 aromatic heterocycles. The Hall–Kier alpha value is -0.886. The summed E-state index contributed by atoms with van der Waals surface area (Å²) in [4.78, 5) is 11.8. The summed E-state index contributed by atoms with van der Waals surface area (Å²) in [6.07, 6.45) is 1.55. The van der Waals surface area contributed by atoms with E-state index < -0.39 is 16.6 Å². The van der Waals surface area contributed by atoms with Crippen LogP contribution in [0.5, 0.6) is 5.88 Å². The van der Waals surface area contributed by atoms with Gasteiger partial charge in [-0.3, -0.25) is 0 Å². The van der Waals surface area contributed by atoms with E-state index in [1.807, 2.05) is 6.07 Å². The van der Waals surface area contributed by atoms with Gasteiger partial charge >= 0.3 is 0 Å². The van der Waals surface area contributed by atoms with Crippen molar-refractivity contribution in [2.24, 2.45) is 0 Å². The number of aromatic nitrogens is 2. The lowest BCUT2D eigenvalue weighted by atomic mass is 10.6. The second kappa shape index (κ2) is 4.54. The van der Waals surface area contributed by atoms with Crippen molar-refractivity contribution in [1.29, 1.82) is 0 Å². The van der Waals surface area contributed by atoms with Gasteiger partial charge in [0, 0.05) is 6.07 Å². The van der Waals surface area contributed by atoms with Crippen LogP contribution in [0.3, 0.4) is 0 Å². The average Bonchev–Trinajstić information content (AvgIpc) is 1.96. The van der Waals surface area contributed by atoms with Crippen LogP contribution in [0, 0.1) is 0 Å². The monoisotopic (exact) mass is 255 g/mol. The quantitative estimate of drug-likeness (QED) is 0.840. The molecule has 0 aromatic carbocycles. The van der Waals surface area contributed by atoms with E-state index in [-0.39, 0.29) is 0 Å². The summed E-state index contributed by atoms with van der Waals surface area (Å²) in [5.41, 5.74) is 0. The Balaban J connectivity index is 2.79. The van der Waals surface area contributed by atoms with Crippen molar-refractivity contribution in [2.75, 3.05) is 4.98 Å². The molecule has 16 heavy (non-hydrogen) atoms. The molecule has 4 nitrogen and oxygen atoms in total. The molecular weight excluding hydrogens is 234 g/mol. The van der Waals surface area contributed by atoms with Gasteiger partial charge in [-0.25, -0.2) is 9.97 Å². The minimum Gasteiger partial charge on any atom is -0.531 e. The highest BCUT2D eigenvalue weighted by molar-refractivity contribution is 6.79. The molecule has 0 radical (unpaired) electrons. The summed E-state index contributed by atoms with van der Waals surface area (Å²) < 4.78 is 5.82. The largest absolute Gasteiger partial charge is 0.531 e. The minimum absolute atomic E-state index is 0.676. The van der Waals surface area contributed by atoms with E-state index in [9.17, 15) is 0 Å². The fourth-order valence-corrected chi connectivity index (χ4v) is 2.81. The maximum atomic E-state index is 5.82. The molecule has 0 aliphatic heterocycles. The van der Waals surface area contributed by atoms with E-state index in [0.717, 1.165) is 5.82 Å². The number of nitrogens with one attached hydrogen (secondary N) is 1. The third-order valence-electron chi connectivity index (χ3n) is 1.56. The molecule has 0 amide bonds. The van der Waals surface area contributed by atoms with Crippen LogP contribution < -0.4 is 9.41 Å². The summed E-state index contributed by atoms with van der Waals surface area (Å²) in [6.45, 7) is 13.1. The van der Waals surface area contributed by atoms with Gasteiger partial charge < -0.3 is 9.41 Å². The van der Waals surface area contributed by atoms with Gasteiger partial charge in [0.1, 0.15) is 20.4 Å². The highest BCUT2D eigenvalue weighted by atomic mass is 28.4. The van der Waals surface area contributed by atoms with Crippen LogP contribution >= 0.6 is 0 Å². The van der Waals surface area contributed by atoms with E-state index >= 15 is 0 Å². The van der Waals surface area contributed by atoms with E-state index in [4.69, 9.17) is 4.43 Å². The van der Waals surface area contributed by atoms with Crippen molar-refractivity contribution >= 4 is 22.4 Å². The highest BCUT2D eigenvalue weighted by Crippen LogP contribution is 2.17. The summed E-state index contributed by atoms with van der Waals surface area (Å²) in [5.74, 6) is 1.54. The van der Waals surface area contributed by atoms with Crippen LogP contribution in [0.2, 0.25) is 39.3 Å². The maximum absolute atomic E-state index is 5.82. The number of rotatable bonds is 4. The van der Waals surface area contributed by atoms with Crippen molar-refractivity contribution in [3.8, 4) is 5.88 Å². The van der Waals surface area contributed by atoms with Gasteiger partial charge in [-0.1, -0.05) is 19.6 Å². The van der Waals surface area contributed by atoms with Gasteiger partial charge in [-0.2, -0.15) is 0 Å².